The van der Waals surface area contributed by atoms with Crippen molar-refractivity contribution in [2.75, 3.05) is 6.61 Å². The lowest BCUT2D eigenvalue weighted by Gasteiger charge is -2.20. The smallest absolute Gasteiger partial charge is 0.283 e. The van der Waals surface area contributed by atoms with Gasteiger partial charge in [-0.3, -0.25) is 10.2 Å². The van der Waals surface area contributed by atoms with Crippen LogP contribution in [0.3, 0.4) is 0 Å². The van der Waals surface area contributed by atoms with Crippen LogP contribution in [-0.2, 0) is 11.4 Å². The minimum atomic E-state index is -0.536. The van der Waals surface area contributed by atoms with Crippen LogP contribution in [0.5, 0.6) is 11.5 Å². The van der Waals surface area contributed by atoms with Crippen molar-refractivity contribution in [3.8, 4) is 11.5 Å². The van der Waals surface area contributed by atoms with Gasteiger partial charge in [-0.1, -0.05) is 70.7 Å². The van der Waals surface area contributed by atoms with Crippen LogP contribution >= 0.6 is 46.6 Å². The van der Waals surface area contributed by atoms with Crippen molar-refractivity contribution in [1.29, 1.82) is 5.41 Å². The van der Waals surface area contributed by atoms with Crippen LogP contribution in [0.2, 0.25) is 15.1 Å². The van der Waals surface area contributed by atoms with Crippen molar-refractivity contribution in [3.05, 3.63) is 97.5 Å². The molecule has 0 fully saturated rings. The number of halogens is 3. The number of nitrogens with one attached hydrogen (secondary N) is 1. The summed E-state index contributed by atoms with van der Waals surface area (Å²) in [4.78, 5) is 17.1. The van der Waals surface area contributed by atoms with Crippen molar-refractivity contribution < 1.29 is 14.3 Å². The summed E-state index contributed by atoms with van der Waals surface area (Å²) in [5.74, 6) is 0.106. The van der Waals surface area contributed by atoms with Gasteiger partial charge in [-0.15, -0.1) is 0 Å². The molecule has 1 amide bonds. The van der Waals surface area contributed by atoms with E-state index in [-0.39, 0.29) is 23.0 Å². The van der Waals surface area contributed by atoms with Crippen LogP contribution in [0.4, 0.5) is 0 Å². The van der Waals surface area contributed by atoms with Crippen LogP contribution in [0, 0.1) is 12.3 Å². The number of aliphatic imine (C=N–C) groups is 1. The summed E-state index contributed by atoms with van der Waals surface area (Å²) in [5.41, 5.74) is 3.36. The standard InChI is InChI=1S/C28H21Cl3N4O3S/c1-3-37-23-12-16(11-22(31)24(23)38-14-18-8-9-19(29)13-21(18)30)10-20-25(32)35-28(33-26(20)36)39-27(34-35)17-6-4-15(2)5-7-17/h4-13,32H,3,14H2,1-2H3/b20-10-,32-25?. The van der Waals surface area contributed by atoms with E-state index in [9.17, 15) is 4.79 Å². The van der Waals surface area contributed by atoms with Gasteiger partial charge in [-0.25, -0.2) is 0 Å². The van der Waals surface area contributed by atoms with Gasteiger partial charge < -0.3 is 9.47 Å². The van der Waals surface area contributed by atoms with E-state index in [0.717, 1.165) is 16.7 Å². The molecule has 7 nitrogen and oxygen atoms in total. The molecule has 3 aromatic carbocycles. The second kappa shape index (κ2) is 11.4. The monoisotopic (exact) mass is 598 g/mol. The van der Waals surface area contributed by atoms with Gasteiger partial charge >= 0.3 is 0 Å². The van der Waals surface area contributed by atoms with Gasteiger partial charge in [0.25, 0.3) is 5.91 Å². The number of hydrogen-bond acceptors (Lipinski definition) is 6. The highest BCUT2D eigenvalue weighted by molar-refractivity contribution is 8.27. The number of carbonyl (C=O) groups excluding carboxylic acids is 1. The Morgan fingerprint density at radius 3 is 2.51 bits per heavy atom. The third kappa shape index (κ3) is 5.84. The summed E-state index contributed by atoms with van der Waals surface area (Å²) in [6.45, 7) is 4.34. The van der Waals surface area contributed by atoms with Gasteiger partial charge in [0.2, 0.25) is 5.17 Å². The molecule has 5 rings (SSSR count). The fourth-order valence-corrected chi connectivity index (χ4v) is 5.47. The molecule has 0 aliphatic carbocycles. The van der Waals surface area contributed by atoms with Crippen molar-refractivity contribution in [2.24, 2.45) is 10.1 Å². The Kier molecular flexibility index (Phi) is 8.00. The first-order valence-corrected chi connectivity index (χ1v) is 13.8. The number of aryl methyl sites for hydroxylation is 1. The second-order valence-electron chi connectivity index (χ2n) is 8.58. The molecule has 2 aliphatic rings. The molecular formula is C28H21Cl3N4O3S. The largest absolute Gasteiger partial charge is 0.490 e. The topological polar surface area (TPSA) is 87.3 Å². The number of ether oxygens (including phenoxy) is 2. The van der Waals surface area contributed by atoms with E-state index in [1.54, 1.807) is 36.4 Å². The molecule has 0 spiro atoms. The first kappa shape index (κ1) is 27.3. The highest BCUT2D eigenvalue weighted by atomic mass is 35.5. The van der Waals surface area contributed by atoms with Crippen molar-refractivity contribution in [1.82, 2.24) is 5.01 Å². The van der Waals surface area contributed by atoms with Gasteiger partial charge in [-0.05, 0) is 61.5 Å². The summed E-state index contributed by atoms with van der Waals surface area (Å²) < 4.78 is 11.8. The van der Waals surface area contributed by atoms with Crippen LogP contribution in [0.15, 0.2) is 70.3 Å². The lowest BCUT2D eigenvalue weighted by atomic mass is 10.1. The minimum Gasteiger partial charge on any atom is -0.490 e. The number of amides is 1. The number of hydrazone groups is 1. The number of rotatable bonds is 7. The summed E-state index contributed by atoms with van der Waals surface area (Å²) >= 11 is 20.1. The molecule has 39 heavy (non-hydrogen) atoms. The molecule has 2 heterocycles. The molecule has 3 aromatic rings. The van der Waals surface area contributed by atoms with Gasteiger partial charge in [0.1, 0.15) is 11.7 Å². The lowest BCUT2D eigenvalue weighted by molar-refractivity contribution is -0.114. The van der Waals surface area contributed by atoms with Gasteiger partial charge in [0.05, 0.1) is 17.2 Å². The molecule has 0 bridgehead atoms. The summed E-state index contributed by atoms with van der Waals surface area (Å²) in [6.07, 6.45) is 1.54. The van der Waals surface area contributed by atoms with Crippen LogP contribution < -0.4 is 9.47 Å². The van der Waals surface area contributed by atoms with Crippen LogP contribution in [0.25, 0.3) is 6.08 Å². The maximum atomic E-state index is 12.9. The van der Waals surface area contributed by atoms with Gasteiger partial charge in [0, 0.05) is 21.2 Å². The Labute approximate surface area is 244 Å². The van der Waals surface area contributed by atoms with Crippen molar-refractivity contribution in [3.63, 3.8) is 0 Å². The number of carbonyl (C=O) groups is 1. The molecule has 0 atom stereocenters. The third-order valence-corrected chi connectivity index (χ3v) is 7.61. The fourth-order valence-electron chi connectivity index (χ4n) is 3.83. The molecule has 1 N–H and O–H groups in total. The summed E-state index contributed by atoms with van der Waals surface area (Å²) in [5, 5.41) is 16.9. The number of amidine groups is 2. The molecular weight excluding hydrogens is 579 g/mol. The van der Waals surface area contributed by atoms with E-state index >= 15 is 0 Å². The number of fused-ring (bicyclic) bond motifs is 1. The zero-order valence-corrected chi connectivity index (χ0v) is 23.9. The van der Waals surface area contributed by atoms with Gasteiger partial charge in [-0.2, -0.15) is 15.1 Å². The minimum absolute atomic E-state index is 0.0772. The Morgan fingerprint density at radius 2 is 1.79 bits per heavy atom. The van der Waals surface area contributed by atoms with Crippen molar-refractivity contribution >= 4 is 74.6 Å². The number of benzene rings is 3. The predicted molar refractivity (Wildman–Crippen MR) is 159 cm³/mol. The van der Waals surface area contributed by atoms with Crippen molar-refractivity contribution in [2.45, 2.75) is 20.5 Å². The summed E-state index contributed by atoms with van der Waals surface area (Å²) in [7, 11) is 0. The maximum absolute atomic E-state index is 12.9. The fraction of sp³-hybridized carbons (Fsp3) is 0.143. The molecule has 2 aliphatic heterocycles. The SMILES string of the molecule is CCOc1cc(/C=C2/C(=N)N3N=C(c4ccc(C)cc4)SC3=NC2=O)cc(Cl)c1OCc1ccc(Cl)cc1Cl. The quantitative estimate of drug-likeness (QED) is 0.283. The molecule has 0 radical (unpaired) electrons. The van der Waals surface area contributed by atoms with Crippen LogP contribution in [0.1, 0.15) is 29.2 Å². The van der Waals surface area contributed by atoms with E-state index in [1.807, 2.05) is 38.1 Å². The number of hydrogen-bond donors (Lipinski definition) is 1. The highest BCUT2D eigenvalue weighted by Crippen LogP contribution is 2.39. The molecule has 0 saturated carbocycles. The normalized spacial score (nSPS) is 15.8. The van der Waals surface area contributed by atoms with Gasteiger partial charge in [0.15, 0.2) is 17.3 Å². The first-order valence-electron chi connectivity index (χ1n) is 11.8. The second-order valence-corrected chi connectivity index (χ2v) is 10.8. The number of thioether (sulfide) groups is 1. The average molecular weight is 600 g/mol. The van der Waals surface area contributed by atoms with E-state index in [0.29, 0.717) is 43.9 Å². The Hall–Kier alpha value is -3.30. The average Bonchev–Trinajstić information content (AvgIpc) is 3.32. The van der Waals surface area contributed by atoms with Crippen LogP contribution in [-0.4, -0.2) is 33.6 Å². The molecule has 11 heteroatoms. The Balaban J connectivity index is 1.42. The first-order chi connectivity index (χ1) is 18.7. The summed E-state index contributed by atoms with van der Waals surface area (Å²) in [6, 6.07) is 16.3. The van der Waals surface area contributed by atoms with E-state index < -0.39 is 5.91 Å². The van der Waals surface area contributed by atoms with E-state index in [1.165, 1.54) is 16.8 Å². The zero-order valence-electron chi connectivity index (χ0n) is 20.8. The Bertz CT molecular complexity index is 1590. The third-order valence-electron chi connectivity index (χ3n) is 5.78. The highest BCUT2D eigenvalue weighted by Gasteiger charge is 2.36. The lowest BCUT2D eigenvalue weighted by Crippen LogP contribution is -2.35. The molecule has 198 valence electrons. The molecule has 0 unspecified atom stereocenters. The maximum Gasteiger partial charge on any atom is 0.283 e. The zero-order chi connectivity index (χ0) is 27.7. The Morgan fingerprint density at radius 1 is 1.03 bits per heavy atom. The molecule has 0 aromatic heterocycles. The van der Waals surface area contributed by atoms with E-state index in [2.05, 4.69) is 10.1 Å². The number of nitrogens with zero attached hydrogens (tertiary/aromatic N) is 3. The predicted octanol–water partition coefficient (Wildman–Crippen LogP) is 7.60. The van der Waals surface area contributed by atoms with E-state index in [4.69, 9.17) is 49.7 Å². The molecule has 0 saturated heterocycles.